The molecule has 0 radical (unpaired) electrons. The van der Waals surface area contributed by atoms with Crippen LogP contribution in [-0.4, -0.2) is 31.2 Å². The fraction of sp³-hybridized carbons (Fsp3) is 0.190. The van der Waals surface area contributed by atoms with Crippen molar-refractivity contribution in [1.29, 1.82) is 0 Å². The molecule has 9 heteroatoms. The molecule has 0 aromatic heterocycles. The maximum atomic E-state index is 12.7. The average Bonchev–Trinajstić information content (AvgIpc) is 2.74. The summed E-state index contributed by atoms with van der Waals surface area (Å²) in [6.45, 7) is 1.48. The van der Waals surface area contributed by atoms with Crippen molar-refractivity contribution in [2.75, 3.05) is 18.9 Å². The maximum Gasteiger partial charge on any atom is 0.338 e. The molecule has 8 nitrogen and oxygen atoms in total. The van der Waals surface area contributed by atoms with Gasteiger partial charge >= 0.3 is 18.0 Å². The number of nitrogens with one attached hydrogen (secondary N) is 2. The number of nitrogen functional groups attached to an aromatic ring is 1. The molecule has 3 rings (SSSR count). The van der Waals surface area contributed by atoms with Gasteiger partial charge in [0, 0.05) is 0 Å². The predicted molar refractivity (Wildman–Crippen MR) is 111 cm³/mol. The zero-order valence-electron chi connectivity index (χ0n) is 16.1. The number of hydrogen-bond acceptors (Lipinski definition) is 6. The number of nitrogens with two attached hydrogens (primary N) is 1. The Labute approximate surface area is 178 Å². The number of anilines is 1. The van der Waals surface area contributed by atoms with E-state index in [9.17, 15) is 14.4 Å². The Balaban J connectivity index is 1.90. The number of benzene rings is 2. The molecule has 0 saturated heterocycles. The number of urea groups is 1. The summed E-state index contributed by atoms with van der Waals surface area (Å²) < 4.78 is 10.5. The van der Waals surface area contributed by atoms with Crippen LogP contribution in [0.1, 0.15) is 28.9 Å². The molecule has 2 aromatic carbocycles. The van der Waals surface area contributed by atoms with Crippen LogP contribution in [0, 0.1) is 0 Å². The average molecular weight is 430 g/mol. The Morgan fingerprint density at radius 1 is 1.10 bits per heavy atom. The third kappa shape index (κ3) is 4.72. The molecular weight excluding hydrogens is 410 g/mol. The largest absolute Gasteiger partial charge is 0.463 e. The second-order valence-electron chi connectivity index (χ2n) is 6.37. The van der Waals surface area contributed by atoms with Crippen LogP contribution in [0.4, 0.5) is 10.5 Å². The number of rotatable bonds is 6. The summed E-state index contributed by atoms with van der Waals surface area (Å²) in [5, 5.41) is 5.56. The number of esters is 2. The summed E-state index contributed by atoms with van der Waals surface area (Å²) in [4.78, 5) is 37.3. The van der Waals surface area contributed by atoms with Crippen LogP contribution in [0.5, 0.6) is 0 Å². The van der Waals surface area contributed by atoms with Gasteiger partial charge in [0.1, 0.15) is 6.61 Å². The molecule has 1 unspecified atom stereocenters. The lowest BCUT2D eigenvalue weighted by molar-refractivity contribution is -0.139. The van der Waals surface area contributed by atoms with Crippen LogP contribution in [0.2, 0.25) is 5.02 Å². The first kappa shape index (κ1) is 21.2. The molecule has 1 aliphatic rings. The molecule has 1 heterocycles. The summed E-state index contributed by atoms with van der Waals surface area (Å²) in [6.07, 6.45) is 0. The van der Waals surface area contributed by atoms with E-state index in [0.717, 1.165) is 0 Å². The molecule has 1 atom stereocenters. The summed E-state index contributed by atoms with van der Waals surface area (Å²) in [6, 6.07) is 12.0. The number of halogens is 1. The highest BCUT2D eigenvalue weighted by Gasteiger charge is 2.34. The van der Waals surface area contributed by atoms with Gasteiger partial charge in [-0.3, -0.25) is 0 Å². The molecule has 30 heavy (non-hydrogen) atoms. The van der Waals surface area contributed by atoms with E-state index in [4.69, 9.17) is 26.8 Å². The van der Waals surface area contributed by atoms with E-state index in [1.54, 1.807) is 31.2 Å². The topological polar surface area (TPSA) is 120 Å². The van der Waals surface area contributed by atoms with Gasteiger partial charge in [0.05, 0.1) is 40.2 Å². The highest BCUT2D eigenvalue weighted by Crippen LogP contribution is 2.28. The first-order chi connectivity index (χ1) is 14.4. The molecule has 2 aromatic rings. The van der Waals surface area contributed by atoms with Gasteiger partial charge < -0.3 is 25.8 Å². The predicted octanol–water partition coefficient (Wildman–Crippen LogP) is 2.95. The molecule has 0 saturated carbocycles. The van der Waals surface area contributed by atoms with Crippen molar-refractivity contribution >= 4 is 35.3 Å². The number of carbonyl (C=O) groups is 3. The van der Waals surface area contributed by atoms with Gasteiger partial charge in [-0.1, -0.05) is 41.9 Å². The van der Waals surface area contributed by atoms with Crippen LogP contribution < -0.4 is 16.4 Å². The Morgan fingerprint density at radius 2 is 1.83 bits per heavy atom. The summed E-state index contributed by atoms with van der Waals surface area (Å²) >= 11 is 5.87. The van der Waals surface area contributed by atoms with Crippen LogP contribution >= 0.6 is 11.6 Å². The standard InChI is InChI=1S/C21H20ClN3O5/c1-2-29-20(27)17-16(11-30-19(26)13-8-9-14(22)15(23)10-13)24-21(28)25-18(17)12-6-4-3-5-7-12/h3-10,18H,2,11,23H2,1H3,(H2,24,25,28). The molecule has 0 bridgehead atoms. The lowest BCUT2D eigenvalue weighted by Gasteiger charge is -2.29. The summed E-state index contributed by atoms with van der Waals surface area (Å²) in [5.41, 5.74) is 7.12. The first-order valence-corrected chi connectivity index (χ1v) is 9.53. The van der Waals surface area contributed by atoms with E-state index in [1.165, 1.54) is 18.2 Å². The maximum absolute atomic E-state index is 12.7. The lowest BCUT2D eigenvalue weighted by Crippen LogP contribution is -2.47. The SMILES string of the molecule is CCOC(=O)C1=C(COC(=O)c2ccc(Cl)c(N)c2)NC(=O)NC1c1ccccc1. The van der Waals surface area contributed by atoms with Crippen molar-refractivity contribution in [3.8, 4) is 0 Å². The van der Waals surface area contributed by atoms with Crippen molar-refractivity contribution in [2.45, 2.75) is 13.0 Å². The van der Waals surface area contributed by atoms with Gasteiger partial charge in [0.15, 0.2) is 0 Å². The quantitative estimate of drug-likeness (QED) is 0.479. The molecule has 0 aliphatic carbocycles. The fourth-order valence-corrected chi connectivity index (χ4v) is 3.09. The highest BCUT2D eigenvalue weighted by molar-refractivity contribution is 6.33. The number of amides is 2. The number of carbonyl (C=O) groups excluding carboxylic acids is 3. The van der Waals surface area contributed by atoms with Gasteiger partial charge in [0.25, 0.3) is 0 Å². The monoisotopic (exact) mass is 429 g/mol. The lowest BCUT2D eigenvalue weighted by atomic mass is 9.95. The van der Waals surface area contributed by atoms with E-state index >= 15 is 0 Å². The van der Waals surface area contributed by atoms with E-state index in [2.05, 4.69) is 10.6 Å². The minimum absolute atomic E-state index is 0.140. The van der Waals surface area contributed by atoms with Gasteiger partial charge in [-0.25, -0.2) is 14.4 Å². The molecule has 0 fully saturated rings. The molecule has 4 N–H and O–H groups in total. The first-order valence-electron chi connectivity index (χ1n) is 9.15. The van der Waals surface area contributed by atoms with Gasteiger partial charge in [0.2, 0.25) is 0 Å². The fourth-order valence-electron chi connectivity index (χ4n) is 2.97. The second kappa shape index (κ2) is 9.32. The van der Waals surface area contributed by atoms with E-state index in [1.807, 2.05) is 6.07 Å². The highest BCUT2D eigenvalue weighted by atomic mass is 35.5. The number of hydrogen-bond donors (Lipinski definition) is 3. The van der Waals surface area contributed by atoms with Crippen molar-refractivity contribution in [1.82, 2.24) is 10.6 Å². The van der Waals surface area contributed by atoms with Crippen LogP contribution in [0.3, 0.4) is 0 Å². The van der Waals surface area contributed by atoms with Gasteiger partial charge in [-0.2, -0.15) is 0 Å². The Morgan fingerprint density at radius 3 is 2.50 bits per heavy atom. The molecule has 1 aliphatic heterocycles. The van der Waals surface area contributed by atoms with E-state index in [0.29, 0.717) is 10.6 Å². The minimum Gasteiger partial charge on any atom is -0.463 e. The molecule has 156 valence electrons. The molecule has 2 amide bonds. The van der Waals surface area contributed by atoms with Crippen LogP contribution in [0.25, 0.3) is 0 Å². The second-order valence-corrected chi connectivity index (χ2v) is 6.77. The molecule has 0 spiro atoms. The van der Waals surface area contributed by atoms with Crippen molar-refractivity contribution in [3.05, 3.63) is 76.0 Å². The Bertz CT molecular complexity index is 1010. The smallest absolute Gasteiger partial charge is 0.338 e. The minimum atomic E-state index is -0.751. The van der Waals surface area contributed by atoms with Crippen molar-refractivity contribution < 1.29 is 23.9 Å². The third-order valence-corrected chi connectivity index (χ3v) is 4.71. The number of ether oxygens (including phenoxy) is 2. The van der Waals surface area contributed by atoms with E-state index in [-0.39, 0.29) is 35.7 Å². The third-order valence-electron chi connectivity index (χ3n) is 4.36. The molecular formula is C21H20ClN3O5. The van der Waals surface area contributed by atoms with Crippen LogP contribution in [-0.2, 0) is 14.3 Å². The van der Waals surface area contributed by atoms with E-state index < -0.39 is 24.0 Å². The normalized spacial score (nSPS) is 15.8. The summed E-state index contributed by atoms with van der Waals surface area (Å²) in [5.74, 6) is -1.31. The van der Waals surface area contributed by atoms with Gasteiger partial charge in [-0.05, 0) is 30.7 Å². The zero-order valence-corrected chi connectivity index (χ0v) is 16.9. The Kier molecular flexibility index (Phi) is 6.58. The zero-order chi connectivity index (χ0) is 21.7. The van der Waals surface area contributed by atoms with Crippen LogP contribution in [0.15, 0.2) is 59.8 Å². The summed E-state index contributed by atoms with van der Waals surface area (Å²) in [7, 11) is 0. The Hall–Kier alpha value is -3.52. The van der Waals surface area contributed by atoms with Crippen molar-refractivity contribution in [2.24, 2.45) is 0 Å². The van der Waals surface area contributed by atoms with Crippen molar-refractivity contribution in [3.63, 3.8) is 0 Å². The van der Waals surface area contributed by atoms with Gasteiger partial charge in [-0.15, -0.1) is 0 Å².